The van der Waals surface area contributed by atoms with Crippen molar-refractivity contribution in [3.05, 3.63) is 53.8 Å². The Morgan fingerprint density at radius 3 is 2.59 bits per heavy atom. The minimum absolute atomic E-state index is 0.0822. The monoisotopic (exact) mass is 515 g/mol. The van der Waals surface area contributed by atoms with Crippen molar-refractivity contribution < 1.29 is 28.9 Å². The number of carboxylic acid groups (broad SMARTS) is 1. The molecule has 2 amide bonds. The van der Waals surface area contributed by atoms with Gasteiger partial charge in [-0.25, -0.2) is 9.18 Å². The summed E-state index contributed by atoms with van der Waals surface area (Å²) in [4.78, 5) is 28.6. The fourth-order valence-corrected chi connectivity index (χ4v) is 5.19. The van der Waals surface area contributed by atoms with Crippen molar-refractivity contribution in [2.24, 2.45) is 5.41 Å². The number of ether oxygens (including phenoxy) is 1. The Morgan fingerprint density at radius 2 is 1.95 bits per heavy atom. The Hall–Kier alpha value is -3.17. The van der Waals surface area contributed by atoms with Gasteiger partial charge in [0.1, 0.15) is 5.82 Å². The van der Waals surface area contributed by atoms with E-state index in [4.69, 9.17) is 4.74 Å². The molecule has 1 aliphatic heterocycles. The number of aliphatic hydroxyl groups is 1. The average Bonchev–Trinajstić information content (AvgIpc) is 2.86. The van der Waals surface area contributed by atoms with E-state index >= 15 is 0 Å². The van der Waals surface area contributed by atoms with Crippen LogP contribution in [-0.2, 0) is 16.1 Å². The van der Waals surface area contributed by atoms with E-state index < -0.39 is 17.0 Å². The molecule has 3 rings (SSSR count). The highest BCUT2D eigenvalue weighted by Gasteiger charge is 2.50. The van der Waals surface area contributed by atoms with Crippen LogP contribution in [0.4, 0.5) is 14.9 Å². The third-order valence-corrected chi connectivity index (χ3v) is 7.53. The van der Waals surface area contributed by atoms with Crippen LogP contribution >= 0.6 is 0 Å². The number of carbonyl (C=O) groups excluding carboxylic acids is 1. The molecule has 2 aromatic carbocycles. The van der Waals surface area contributed by atoms with E-state index in [1.54, 1.807) is 25.1 Å². The van der Waals surface area contributed by atoms with Gasteiger partial charge in [0, 0.05) is 51.5 Å². The number of likely N-dealkylation sites (N-methyl/N-ethyl adjacent to an activating group) is 1. The van der Waals surface area contributed by atoms with E-state index in [1.165, 1.54) is 12.1 Å². The number of amides is 2. The van der Waals surface area contributed by atoms with Gasteiger partial charge < -0.3 is 30.1 Å². The molecule has 0 spiro atoms. The zero-order valence-corrected chi connectivity index (χ0v) is 22.1. The molecule has 9 heteroatoms. The van der Waals surface area contributed by atoms with E-state index in [-0.39, 0.29) is 24.8 Å². The zero-order valence-electron chi connectivity index (χ0n) is 22.1. The van der Waals surface area contributed by atoms with Crippen LogP contribution in [-0.4, -0.2) is 73.1 Å². The molecule has 1 saturated heterocycles. The van der Waals surface area contributed by atoms with Gasteiger partial charge in [0.15, 0.2) is 0 Å². The van der Waals surface area contributed by atoms with E-state index in [0.29, 0.717) is 50.2 Å². The summed E-state index contributed by atoms with van der Waals surface area (Å²) in [5.74, 6) is -0.418. The number of rotatable bonds is 10. The normalized spacial score (nSPS) is 17.9. The molecule has 0 radical (unpaired) electrons. The molecule has 8 nitrogen and oxygen atoms in total. The van der Waals surface area contributed by atoms with Gasteiger partial charge in [0.05, 0.1) is 18.8 Å². The standard InChI is InChI=1S/C28H38FN3O5/c1-27(2,17-25(34)31(3)13-14-37-4)28(30-26(35)36)11-6-12-32(19-28)24-10-9-21(15-22(24)18-33)20-7-5-8-23(29)16-20/h5,7-10,15-16,30,33H,6,11-14,17-19H2,1-4H3,(H,35,36). The number of piperidine rings is 1. The van der Waals surface area contributed by atoms with Crippen LogP contribution in [0.5, 0.6) is 0 Å². The van der Waals surface area contributed by atoms with Crippen LogP contribution < -0.4 is 10.2 Å². The molecule has 1 atom stereocenters. The fraction of sp³-hybridized carbons (Fsp3) is 0.500. The Morgan fingerprint density at radius 1 is 1.22 bits per heavy atom. The van der Waals surface area contributed by atoms with Gasteiger partial charge in [-0.1, -0.05) is 32.0 Å². The minimum atomic E-state index is -1.14. The number of aliphatic hydroxyl groups excluding tert-OH is 1. The number of hydrogen-bond donors (Lipinski definition) is 3. The van der Waals surface area contributed by atoms with Crippen LogP contribution in [0.15, 0.2) is 42.5 Å². The van der Waals surface area contributed by atoms with Crippen LogP contribution in [0.2, 0.25) is 0 Å². The number of hydrogen-bond acceptors (Lipinski definition) is 5. The fourth-order valence-electron chi connectivity index (χ4n) is 5.19. The van der Waals surface area contributed by atoms with E-state index in [2.05, 4.69) is 10.2 Å². The number of methoxy groups -OCH3 is 1. The molecular weight excluding hydrogens is 477 g/mol. The molecule has 1 unspecified atom stereocenters. The second kappa shape index (κ2) is 11.9. The largest absolute Gasteiger partial charge is 0.465 e. The highest BCUT2D eigenvalue weighted by Crippen LogP contribution is 2.43. The molecule has 0 saturated carbocycles. The van der Waals surface area contributed by atoms with Gasteiger partial charge in [-0.15, -0.1) is 0 Å². The smallest absolute Gasteiger partial charge is 0.405 e. The van der Waals surface area contributed by atoms with Crippen molar-refractivity contribution >= 4 is 17.7 Å². The predicted molar refractivity (Wildman–Crippen MR) is 141 cm³/mol. The minimum Gasteiger partial charge on any atom is -0.465 e. The number of halogens is 1. The number of carbonyl (C=O) groups is 2. The first-order valence-corrected chi connectivity index (χ1v) is 12.5. The highest BCUT2D eigenvalue weighted by molar-refractivity contribution is 5.77. The van der Waals surface area contributed by atoms with Crippen molar-refractivity contribution in [2.45, 2.75) is 45.3 Å². The van der Waals surface area contributed by atoms with Crippen LogP contribution in [0.25, 0.3) is 11.1 Å². The lowest BCUT2D eigenvalue weighted by atomic mass is 9.65. The molecule has 2 aromatic rings. The van der Waals surface area contributed by atoms with Crippen molar-refractivity contribution in [1.29, 1.82) is 0 Å². The second-order valence-electron chi connectivity index (χ2n) is 10.4. The van der Waals surface area contributed by atoms with Gasteiger partial charge in [-0.3, -0.25) is 4.79 Å². The van der Waals surface area contributed by atoms with E-state index in [0.717, 1.165) is 11.3 Å². The number of anilines is 1. The van der Waals surface area contributed by atoms with Gasteiger partial charge in [-0.05, 0) is 53.6 Å². The van der Waals surface area contributed by atoms with E-state index in [9.17, 15) is 24.2 Å². The third-order valence-electron chi connectivity index (χ3n) is 7.53. The van der Waals surface area contributed by atoms with Gasteiger partial charge >= 0.3 is 6.09 Å². The molecule has 0 bridgehead atoms. The van der Waals surface area contributed by atoms with Crippen molar-refractivity contribution in [2.75, 3.05) is 45.3 Å². The first-order chi connectivity index (χ1) is 17.5. The maximum absolute atomic E-state index is 13.8. The maximum Gasteiger partial charge on any atom is 0.405 e. The van der Waals surface area contributed by atoms with Crippen LogP contribution in [0.1, 0.15) is 38.7 Å². The van der Waals surface area contributed by atoms with E-state index in [1.807, 2.05) is 38.1 Å². The number of nitrogens with zero attached hydrogens (tertiary/aromatic N) is 2. The summed E-state index contributed by atoms with van der Waals surface area (Å²) in [6.45, 7) is 5.52. The van der Waals surface area contributed by atoms with Crippen LogP contribution in [0, 0.1) is 11.2 Å². The summed E-state index contributed by atoms with van der Waals surface area (Å²) in [6.07, 6.45) is 0.299. The molecule has 202 valence electrons. The molecular formula is C28H38FN3O5. The Labute approximate surface area is 218 Å². The highest BCUT2D eigenvalue weighted by atomic mass is 19.1. The van der Waals surface area contributed by atoms with Gasteiger partial charge in [0.25, 0.3) is 0 Å². The maximum atomic E-state index is 13.8. The topological polar surface area (TPSA) is 102 Å². The molecule has 0 aromatic heterocycles. The molecule has 3 N–H and O–H groups in total. The van der Waals surface area contributed by atoms with Crippen molar-refractivity contribution in [3.63, 3.8) is 0 Å². The molecule has 37 heavy (non-hydrogen) atoms. The quantitative estimate of drug-likeness (QED) is 0.440. The van der Waals surface area contributed by atoms with Crippen molar-refractivity contribution in [1.82, 2.24) is 10.2 Å². The Bertz CT molecular complexity index is 1110. The SMILES string of the molecule is COCCN(C)C(=O)CC(C)(C)C1(NC(=O)O)CCCN(c2ccc(-c3cccc(F)c3)cc2CO)C1. The Kier molecular flexibility index (Phi) is 9.15. The summed E-state index contributed by atoms with van der Waals surface area (Å²) in [7, 11) is 3.30. The molecule has 1 fully saturated rings. The summed E-state index contributed by atoms with van der Waals surface area (Å²) in [6, 6.07) is 11.9. The number of nitrogens with one attached hydrogen (secondary N) is 1. The lowest BCUT2D eigenvalue weighted by Crippen LogP contribution is -2.66. The third kappa shape index (κ3) is 6.59. The number of benzene rings is 2. The first kappa shape index (κ1) is 28.4. The molecule has 1 aliphatic rings. The Balaban J connectivity index is 1.91. The lowest BCUT2D eigenvalue weighted by molar-refractivity contribution is -0.134. The molecule has 1 heterocycles. The van der Waals surface area contributed by atoms with Crippen molar-refractivity contribution in [3.8, 4) is 11.1 Å². The van der Waals surface area contributed by atoms with Gasteiger partial charge in [0.2, 0.25) is 5.91 Å². The lowest BCUT2D eigenvalue weighted by Gasteiger charge is -2.52. The zero-order chi connectivity index (χ0) is 27.2. The first-order valence-electron chi connectivity index (χ1n) is 12.5. The average molecular weight is 516 g/mol. The summed E-state index contributed by atoms with van der Waals surface area (Å²) >= 11 is 0. The van der Waals surface area contributed by atoms with Crippen LogP contribution in [0.3, 0.4) is 0 Å². The second-order valence-corrected chi connectivity index (χ2v) is 10.4. The summed E-state index contributed by atoms with van der Waals surface area (Å²) in [5, 5.41) is 22.8. The predicted octanol–water partition coefficient (Wildman–Crippen LogP) is 4.11. The molecule has 0 aliphatic carbocycles. The summed E-state index contributed by atoms with van der Waals surface area (Å²) in [5.41, 5.74) is 1.34. The summed E-state index contributed by atoms with van der Waals surface area (Å²) < 4.78 is 18.8. The van der Waals surface area contributed by atoms with Gasteiger partial charge in [-0.2, -0.15) is 0 Å².